The van der Waals surface area contributed by atoms with Gasteiger partial charge in [0.25, 0.3) is 0 Å². The van der Waals surface area contributed by atoms with Crippen LogP contribution in [0.3, 0.4) is 0 Å². The van der Waals surface area contributed by atoms with Crippen molar-refractivity contribution in [3.63, 3.8) is 0 Å². The minimum Gasteiger partial charge on any atom is -0.387 e. The number of nitrogens with zero attached hydrogens (tertiary/aromatic N) is 1. The molecular formula is C19H22N2O. The fraction of sp³-hybridized carbons (Fsp3) is 0.263. The third-order valence-electron chi connectivity index (χ3n) is 4.39. The number of likely N-dealkylation sites (N-methyl/N-ethyl adjacent to an activating group) is 1. The van der Waals surface area contributed by atoms with E-state index in [2.05, 4.69) is 48.3 Å². The van der Waals surface area contributed by atoms with Gasteiger partial charge in [-0.2, -0.15) is 0 Å². The third kappa shape index (κ3) is 2.91. The molecule has 0 radical (unpaired) electrons. The van der Waals surface area contributed by atoms with E-state index in [-0.39, 0.29) is 6.04 Å². The number of fused-ring (bicyclic) bond motifs is 1. The van der Waals surface area contributed by atoms with Gasteiger partial charge in [-0.3, -0.25) is 4.90 Å². The molecule has 2 aromatic carbocycles. The van der Waals surface area contributed by atoms with Crippen LogP contribution in [0.1, 0.15) is 24.2 Å². The van der Waals surface area contributed by atoms with Gasteiger partial charge in [-0.15, -0.1) is 0 Å². The summed E-state index contributed by atoms with van der Waals surface area (Å²) in [7, 11) is 2.05. The van der Waals surface area contributed by atoms with Crippen molar-refractivity contribution in [1.82, 2.24) is 9.88 Å². The van der Waals surface area contributed by atoms with Crippen LogP contribution in [-0.4, -0.2) is 28.1 Å². The van der Waals surface area contributed by atoms with Crippen LogP contribution >= 0.6 is 0 Å². The Kier molecular flexibility index (Phi) is 4.27. The molecule has 0 amide bonds. The second kappa shape index (κ2) is 6.34. The summed E-state index contributed by atoms with van der Waals surface area (Å²) in [6.07, 6.45) is 1.57. The van der Waals surface area contributed by atoms with Crippen LogP contribution < -0.4 is 0 Å². The zero-order valence-corrected chi connectivity index (χ0v) is 13.0. The lowest BCUT2D eigenvalue weighted by Crippen LogP contribution is -2.33. The summed E-state index contributed by atoms with van der Waals surface area (Å²) >= 11 is 0. The monoisotopic (exact) mass is 294 g/mol. The molecule has 1 heterocycles. The Bertz CT molecular complexity index is 735. The van der Waals surface area contributed by atoms with Crippen molar-refractivity contribution < 1.29 is 5.11 Å². The fourth-order valence-corrected chi connectivity index (χ4v) is 2.84. The summed E-state index contributed by atoms with van der Waals surface area (Å²) in [5.41, 5.74) is 3.37. The molecule has 3 aromatic rings. The van der Waals surface area contributed by atoms with Gasteiger partial charge >= 0.3 is 0 Å². The number of H-pyrrole nitrogens is 1. The maximum atomic E-state index is 10.6. The standard InChI is InChI=1S/C19H22N2O/c1-14(19(22)15-8-4-3-5-9-15)21(2)13-16-12-20-18-11-7-6-10-17(16)18/h3-12,14,19-20,22H,13H2,1-2H3/t14-,19-/m0/s1. The van der Waals surface area contributed by atoms with Gasteiger partial charge in [0.2, 0.25) is 0 Å². The summed E-state index contributed by atoms with van der Waals surface area (Å²) in [6.45, 7) is 2.86. The molecule has 1 aromatic heterocycles. The molecule has 3 rings (SSSR count). The molecule has 0 aliphatic rings. The SMILES string of the molecule is C[C@@H]([C@H](O)c1ccccc1)N(C)Cc1c[nH]c2ccccc12. The van der Waals surface area contributed by atoms with Crippen molar-refractivity contribution in [2.24, 2.45) is 0 Å². The fourth-order valence-electron chi connectivity index (χ4n) is 2.84. The predicted octanol–water partition coefficient (Wildman–Crippen LogP) is 3.72. The molecule has 0 fully saturated rings. The molecule has 0 saturated carbocycles. The Morgan fingerprint density at radius 3 is 2.50 bits per heavy atom. The van der Waals surface area contributed by atoms with Crippen molar-refractivity contribution >= 4 is 10.9 Å². The number of aliphatic hydroxyl groups is 1. The van der Waals surface area contributed by atoms with Crippen LogP contribution in [0.4, 0.5) is 0 Å². The molecule has 0 saturated heterocycles. The minimum absolute atomic E-state index is 0.0380. The largest absolute Gasteiger partial charge is 0.387 e. The van der Waals surface area contributed by atoms with Gasteiger partial charge in [0.05, 0.1) is 6.10 Å². The van der Waals surface area contributed by atoms with E-state index < -0.39 is 6.10 Å². The van der Waals surface area contributed by atoms with Crippen molar-refractivity contribution in [3.05, 3.63) is 71.9 Å². The van der Waals surface area contributed by atoms with Crippen LogP contribution in [0, 0.1) is 0 Å². The van der Waals surface area contributed by atoms with Crippen LogP contribution in [0.2, 0.25) is 0 Å². The number of para-hydroxylation sites is 1. The third-order valence-corrected chi connectivity index (χ3v) is 4.39. The Morgan fingerprint density at radius 1 is 1.05 bits per heavy atom. The Labute approximate surface area is 131 Å². The number of aliphatic hydroxyl groups excluding tert-OH is 1. The van der Waals surface area contributed by atoms with E-state index in [1.165, 1.54) is 10.9 Å². The first kappa shape index (κ1) is 14.8. The van der Waals surface area contributed by atoms with E-state index in [9.17, 15) is 5.11 Å². The Morgan fingerprint density at radius 2 is 1.73 bits per heavy atom. The number of hydrogen-bond donors (Lipinski definition) is 2. The number of hydrogen-bond acceptors (Lipinski definition) is 2. The first-order valence-corrected chi connectivity index (χ1v) is 7.65. The highest BCUT2D eigenvalue weighted by Crippen LogP contribution is 2.24. The zero-order valence-electron chi connectivity index (χ0n) is 13.0. The van der Waals surface area contributed by atoms with Crippen LogP contribution in [-0.2, 0) is 6.54 Å². The number of rotatable bonds is 5. The first-order chi connectivity index (χ1) is 10.7. The van der Waals surface area contributed by atoms with Gasteiger partial charge in [-0.25, -0.2) is 0 Å². The molecular weight excluding hydrogens is 272 g/mol. The van der Waals surface area contributed by atoms with E-state index in [1.807, 2.05) is 36.4 Å². The quantitative estimate of drug-likeness (QED) is 0.753. The second-order valence-corrected chi connectivity index (χ2v) is 5.87. The Hall–Kier alpha value is -2.10. The first-order valence-electron chi connectivity index (χ1n) is 7.65. The molecule has 114 valence electrons. The molecule has 2 N–H and O–H groups in total. The van der Waals surface area contributed by atoms with Crippen LogP contribution in [0.5, 0.6) is 0 Å². The van der Waals surface area contributed by atoms with Crippen molar-refractivity contribution in [2.75, 3.05) is 7.05 Å². The molecule has 0 unspecified atom stereocenters. The summed E-state index contributed by atoms with van der Waals surface area (Å²) in [6, 6.07) is 18.2. The molecule has 0 bridgehead atoms. The smallest absolute Gasteiger partial charge is 0.0942 e. The molecule has 0 aliphatic heterocycles. The van der Waals surface area contributed by atoms with Crippen molar-refractivity contribution in [1.29, 1.82) is 0 Å². The molecule has 3 heteroatoms. The van der Waals surface area contributed by atoms with E-state index in [4.69, 9.17) is 0 Å². The highest BCUT2D eigenvalue weighted by atomic mass is 16.3. The maximum absolute atomic E-state index is 10.6. The van der Waals surface area contributed by atoms with Crippen molar-refractivity contribution in [2.45, 2.75) is 25.6 Å². The number of aromatic amines is 1. The number of benzene rings is 2. The molecule has 22 heavy (non-hydrogen) atoms. The van der Waals surface area contributed by atoms with E-state index in [0.29, 0.717) is 0 Å². The highest BCUT2D eigenvalue weighted by Gasteiger charge is 2.21. The van der Waals surface area contributed by atoms with Gasteiger partial charge in [0.15, 0.2) is 0 Å². The van der Waals surface area contributed by atoms with E-state index >= 15 is 0 Å². The lowest BCUT2D eigenvalue weighted by molar-refractivity contribution is 0.0690. The Balaban J connectivity index is 1.75. The molecule has 0 aliphatic carbocycles. The summed E-state index contributed by atoms with van der Waals surface area (Å²) in [4.78, 5) is 5.49. The summed E-state index contributed by atoms with van der Waals surface area (Å²) in [5.74, 6) is 0. The minimum atomic E-state index is -0.489. The van der Waals surface area contributed by atoms with Gasteiger partial charge in [0, 0.05) is 29.7 Å². The van der Waals surface area contributed by atoms with Crippen molar-refractivity contribution in [3.8, 4) is 0 Å². The highest BCUT2D eigenvalue weighted by molar-refractivity contribution is 5.82. The number of nitrogens with one attached hydrogen (secondary N) is 1. The van der Waals surface area contributed by atoms with Crippen LogP contribution in [0.25, 0.3) is 10.9 Å². The average molecular weight is 294 g/mol. The average Bonchev–Trinajstić information content (AvgIpc) is 2.97. The topological polar surface area (TPSA) is 39.3 Å². The van der Waals surface area contributed by atoms with Crippen LogP contribution in [0.15, 0.2) is 60.8 Å². The van der Waals surface area contributed by atoms with E-state index in [1.54, 1.807) is 0 Å². The van der Waals surface area contributed by atoms with Gasteiger partial charge < -0.3 is 10.1 Å². The van der Waals surface area contributed by atoms with Gasteiger partial charge in [-0.1, -0.05) is 48.5 Å². The predicted molar refractivity (Wildman–Crippen MR) is 90.6 cm³/mol. The molecule has 0 spiro atoms. The normalized spacial score (nSPS) is 14.4. The second-order valence-electron chi connectivity index (χ2n) is 5.87. The summed E-state index contributed by atoms with van der Waals surface area (Å²) in [5, 5.41) is 11.8. The maximum Gasteiger partial charge on any atom is 0.0942 e. The molecule has 2 atom stereocenters. The van der Waals surface area contributed by atoms with Gasteiger partial charge in [-0.05, 0) is 31.2 Å². The van der Waals surface area contributed by atoms with Gasteiger partial charge in [0.1, 0.15) is 0 Å². The lowest BCUT2D eigenvalue weighted by atomic mass is 10.0. The molecule has 3 nitrogen and oxygen atoms in total. The lowest BCUT2D eigenvalue weighted by Gasteiger charge is -2.29. The zero-order chi connectivity index (χ0) is 15.5. The summed E-state index contributed by atoms with van der Waals surface area (Å²) < 4.78 is 0. The van der Waals surface area contributed by atoms with E-state index in [0.717, 1.165) is 17.6 Å². The number of aromatic nitrogens is 1.